The molecule has 4 N–H and O–H groups in total. The molecule has 496 valence electrons. The van der Waals surface area contributed by atoms with Crippen molar-refractivity contribution in [2.75, 3.05) is 49.3 Å². The van der Waals surface area contributed by atoms with Gasteiger partial charge in [0.2, 0.25) is 59.1 Å². The SMILES string of the molecule is CCC1C(=O)N(C)[C@H](C)C(=O)N(C)[C@@H](CC(C)C)C(=O)N[C@H](C(C)C)C(=O)N(C)[C@H](CC(C)C)C(=O)N[C@H](C)C(=O)NC(=O)N(C)[C@H](CC(C)C)C(=O)N(C)C(CC(C)C)C(=O)N(C)C(C(C)C)C(=O)N(C)[C@@H]2C(=O)N1[C@H](CCCc1ccccn1)[C@H]2O. The third kappa shape index (κ3) is 18.7. The van der Waals surface area contributed by atoms with Crippen molar-refractivity contribution < 1.29 is 57.8 Å². The summed E-state index contributed by atoms with van der Waals surface area (Å²) in [7, 11) is 9.88. The van der Waals surface area contributed by atoms with Crippen LogP contribution in [0.3, 0.4) is 0 Å². The maximum absolute atomic E-state index is 15.3. The number of hydrogen-bond acceptors (Lipinski definition) is 13. The van der Waals surface area contributed by atoms with E-state index in [2.05, 4.69) is 20.9 Å². The van der Waals surface area contributed by atoms with Gasteiger partial charge in [-0.25, -0.2) is 4.79 Å². The van der Waals surface area contributed by atoms with Crippen LogP contribution in [0.4, 0.5) is 4.79 Å². The standard InChI is InChI=1S/C64H108N12O12/c1-23-44-58(82)69(16)42(15)57(81)70(17)47(32-36(4)5)56(80)67-50(39(10)11)61(85)71(18)46(31-35(2)3)55(79)66-41(14)54(78)68-64(88)73(20)49(34-38(8)9)59(83)72(19)48(33-37(6)7)60(84)74(21)51(40(12)13)62(86)75(22)52-53(77)45(76(44)63(52)87)29-26-28-43-27-24-25-30-65-43/h24-25,27,30,35-42,44-53,77H,23,26,28-29,31-34H2,1-22H3,(H,66,79)(H,67,80)(H,68,78,88)/t41-,42-,44?,45-,46-,47+,48?,49-,50-,51?,52+,53-/m1/s1. The Kier molecular flexibility index (Phi) is 28.5. The topological polar surface area (TPSA) is 283 Å². The largest absolute Gasteiger partial charge is 0.388 e. The molecule has 2 aliphatic rings. The van der Waals surface area contributed by atoms with E-state index < -0.39 is 150 Å². The molecular weight excluding hydrogens is 1130 g/mol. The van der Waals surface area contributed by atoms with E-state index in [9.17, 15) is 38.7 Å². The number of pyridine rings is 1. The van der Waals surface area contributed by atoms with Crippen molar-refractivity contribution in [3.63, 3.8) is 0 Å². The molecule has 2 bridgehead atoms. The number of amides is 12. The van der Waals surface area contributed by atoms with Crippen molar-refractivity contribution in [2.45, 2.75) is 228 Å². The number of nitrogens with one attached hydrogen (secondary N) is 3. The number of aliphatic hydroxyl groups is 1. The summed E-state index contributed by atoms with van der Waals surface area (Å²) in [5, 5.41) is 20.4. The Morgan fingerprint density at radius 2 is 0.966 bits per heavy atom. The lowest BCUT2D eigenvalue weighted by atomic mass is 9.95. The minimum atomic E-state index is -1.55. The van der Waals surface area contributed by atoms with E-state index in [0.717, 1.165) is 15.5 Å². The number of urea groups is 1. The molecule has 2 fully saturated rings. The molecule has 3 rings (SSSR count). The fourth-order valence-electron chi connectivity index (χ4n) is 12.0. The van der Waals surface area contributed by atoms with E-state index in [-0.39, 0.29) is 62.2 Å². The zero-order valence-electron chi connectivity index (χ0n) is 56.8. The van der Waals surface area contributed by atoms with Gasteiger partial charge in [-0.15, -0.1) is 0 Å². The molecule has 88 heavy (non-hydrogen) atoms. The summed E-state index contributed by atoms with van der Waals surface area (Å²) >= 11 is 0. The van der Waals surface area contributed by atoms with Gasteiger partial charge in [0.05, 0.1) is 6.04 Å². The zero-order valence-corrected chi connectivity index (χ0v) is 56.8. The van der Waals surface area contributed by atoms with E-state index in [1.54, 1.807) is 46.9 Å². The highest BCUT2D eigenvalue weighted by Crippen LogP contribution is 2.33. The van der Waals surface area contributed by atoms with Crippen molar-refractivity contribution in [1.29, 1.82) is 0 Å². The van der Waals surface area contributed by atoms with Gasteiger partial charge in [0, 0.05) is 61.2 Å². The van der Waals surface area contributed by atoms with Gasteiger partial charge in [-0.05, 0) is 113 Å². The molecule has 0 radical (unpaired) electrons. The second-order valence-corrected chi connectivity index (χ2v) is 26.9. The highest BCUT2D eigenvalue weighted by atomic mass is 16.3. The molecule has 2 saturated heterocycles. The normalized spacial score (nSPS) is 27.7. The van der Waals surface area contributed by atoms with Gasteiger partial charge in [0.1, 0.15) is 66.5 Å². The minimum absolute atomic E-state index is 0.0294. The average Bonchev–Trinajstić information content (AvgIpc) is 1.78. The second-order valence-electron chi connectivity index (χ2n) is 26.9. The third-order valence-corrected chi connectivity index (χ3v) is 17.3. The number of aliphatic hydroxyl groups excluding tert-OH is 1. The lowest BCUT2D eigenvalue weighted by Crippen LogP contribution is -2.62. The van der Waals surface area contributed by atoms with Gasteiger partial charge in [-0.2, -0.15) is 0 Å². The van der Waals surface area contributed by atoms with Crippen LogP contribution < -0.4 is 16.0 Å². The van der Waals surface area contributed by atoms with Crippen LogP contribution in [0.5, 0.6) is 0 Å². The predicted octanol–water partition coefficient (Wildman–Crippen LogP) is 3.77. The smallest absolute Gasteiger partial charge is 0.324 e. The summed E-state index contributed by atoms with van der Waals surface area (Å²) < 4.78 is 0. The van der Waals surface area contributed by atoms with Gasteiger partial charge >= 0.3 is 6.03 Å². The summed E-state index contributed by atoms with van der Waals surface area (Å²) in [6, 6.07) is -9.10. The summed E-state index contributed by atoms with van der Waals surface area (Å²) in [6.07, 6.45) is 1.67. The van der Waals surface area contributed by atoms with Crippen LogP contribution in [0.2, 0.25) is 0 Å². The van der Waals surface area contributed by atoms with E-state index in [0.29, 0.717) is 12.8 Å². The van der Waals surface area contributed by atoms with Crippen LogP contribution in [-0.4, -0.2) is 236 Å². The summed E-state index contributed by atoms with van der Waals surface area (Å²) in [6.45, 7) is 26.3. The first kappa shape index (κ1) is 75.5. The Bertz CT molecular complexity index is 2600. The van der Waals surface area contributed by atoms with E-state index in [1.165, 1.54) is 92.6 Å². The molecular formula is C64H108N12O12. The molecule has 1 aromatic heterocycles. The lowest BCUT2D eigenvalue weighted by molar-refractivity contribution is -0.156. The van der Waals surface area contributed by atoms with Crippen LogP contribution in [0, 0.1) is 35.5 Å². The molecule has 12 amide bonds. The molecule has 24 nitrogen and oxygen atoms in total. The molecule has 2 aliphatic heterocycles. The number of fused-ring (bicyclic) bond motifs is 2. The molecule has 3 heterocycles. The minimum Gasteiger partial charge on any atom is -0.388 e. The van der Waals surface area contributed by atoms with Crippen molar-refractivity contribution in [3.8, 4) is 0 Å². The number of imide groups is 1. The summed E-state index contributed by atoms with van der Waals surface area (Å²) in [5.74, 6) is -8.71. The van der Waals surface area contributed by atoms with Gasteiger partial charge in [0.25, 0.3) is 0 Å². The number of hydrogen-bond donors (Lipinski definition) is 4. The Morgan fingerprint density at radius 3 is 1.44 bits per heavy atom. The summed E-state index contributed by atoms with van der Waals surface area (Å²) in [4.78, 5) is 176. The van der Waals surface area contributed by atoms with Gasteiger partial charge < -0.3 is 54.9 Å². The quantitative estimate of drug-likeness (QED) is 0.195. The zero-order chi connectivity index (χ0) is 67.3. The first-order valence-corrected chi connectivity index (χ1v) is 31.5. The van der Waals surface area contributed by atoms with Crippen LogP contribution in [-0.2, 0) is 54.4 Å². The Hall–Kier alpha value is -6.72. The number of nitrogens with zero attached hydrogens (tertiary/aromatic N) is 9. The highest BCUT2D eigenvalue weighted by Gasteiger charge is 2.55. The van der Waals surface area contributed by atoms with Crippen LogP contribution in [0.1, 0.15) is 154 Å². The molecule has 0 aromatic carbocycles. The number of carbonyl (C=O) groups is 11. The van der Waals surface area contributed by atoms with Crippen LogP contribution >= 0.6 is 0 Å². The monoisotopic (exact) mass is 1240 g/mol. The van der Waals surface area contributed by atoms with Gasteiger partial charge in [0.15, 0.2) is 0 Å². The number of carbonyl (C=O) groups excluding carboxylic acids is 11. The molecule has 3 unspecified atom stereocenters. The predicted molar refractivity (Wildman–Crippen MR) is 335 cm³/mol. The Morgan fingerprint density at radius 1 is 0.500 bits per heavy atom. The molecule has 0 spiro atoms. The number of rotatable bonds is 15. The number of aromatic nitrogens is 1. The molecule has 24 heteroatoms. The maximum atomic E-state index is 15.3. The van der Waals surface area contributed by atoms with Crippen molar-refractivity contribution in [1.82, 2.24) is 60.1 Å². The van der Waals surface area contributed by atoms with E-state index >= 15 is 19.2 Å². The molecule has 12 atom stereocenters. The summed E-state index contributed by atoms with van der Waals surface area (Å²) in [5.41, 5.74) is 0.758. The number of likely N-dealkylation sites (N-methyl/N-ethyl adjacent to an activating group) is 7. The lowest BCUT2D eigenvalue weighted by Gasteiger charge is -2.40. The highest BCUT2D eigenvalue weighted by molar-refractivity contribution is 6.02. The van der Waals surface area contributed by atoms with Crippen molar-refractivity contribution in [3.05, 3.63) is 30.1 Å². The molecule has 1 aromatic rings. The average molecular weight is 1240 g/mol. The fraction of sp³-hybridized carbons (Fsp3) is 0.750. The van der Waals surface area contributed by atoms with Gasteiger partial charge in [-0.3, -0.25) is 58.2 Å². The maximum Gasteiger partial charge on any atom is 0.324 e. The molecule has 0 aliphatic carbocycles. The Balaban J connectivity index is 2.34. The van der Waals surface area contributed by atoms with Crippen LogP contribution in [0.25, 0.3) is 0 Å². The van der Waals surface area contributed by atoms with Crippen molar-refractivity contribution >= 4 is 65.1 Å². The first-order chi connectivity index (χ1) is 40.8. The van der Waals surface area contributed by atoms with E-state index in [4.69, 9.17) is 0 Å². The molecule has 0 saturated carbocycles. The second kappa shape index (κ2) is 33.2. The van der Waals surface area contributed by atoms with E-state index in [1.807, 2.05) is 67.5 Å². The van der Waals surface area contributed by atoms with Crippen molar-refractivity contribution in [2.24, 2.45) is 35.5 Å². The first-order valence-electron chi connectivity index (χ1n) is 31.5. The fourth-order valence-corrected chi connectivity index (χ4v) is 12.0. The Labute approximate surface area is 523 Å². The van der Waals surface area contributed by atoms with Crippen LogP contribution in [0.15, 0.2) is 24.4 Å². The number of aryl methyl sites for hydroxylation is 1. The van der Waals surface area contributed by atoms with Gasteiger partial charge in [-0.1, -0.05) is 96.1 Å². The third-order valence-electron chi connectivity index (χ3n) is 17.3.